The predicted molar refractivity (Wildman–Crippen MR) is 95.3 cm³/mol. The second-order valence-electron chi connectivity index (χ2n) is 6.18. The Bertz CT molecular complexity index is 687. The summed E-state index contributed by atoms with van der Waals surface area (Å²) in [4.78, 5) is 12.0. The molecule has 6 nitrogen and oxygen atoms in total. The van der Waals surface area contributed by atoms with Crippen LogP contribution in [0.25, 0.3) is 0 Å². The molecule has 1 aromatic rings. The molecule has 8 heteroatoms. The Morgan fingerprint density at radius 2 is 2.08 bits per heavy atom. The van der Waals surface area contributed by atoms with Crippen LogP contribution in [0.4, 0.5) is 5.69 Å². The standard InChI is InChI=1S/C16H23ClN2O4S/c1-24(21,22)9-8-14(18)16(20)19-11-6-7-15(13(17)10-11)23-12-4-2-3-5-12/h6-7,10,12,14H,2-5,8-9,18H2,1H3,(H,19,20). The molecule has 1 unspecified atom stereocenters. The van der Waals surface area contributed by atoms with Crippen molar-refractivity contribution in [2.24, 2.45) is 5.73 Å². The van der Waals surface area contributed by atoms with Gasteiger partial charge in [0.05, 0.1) is 22.9 Å². The van der Waals surface area contributed by atoms with Gasteiger partial charge in [-0.3, -0.25) is 4.79 Å². The lowest BCUT2D eigenvalue weighted by molar-refractivity contribution is -0.117. The van der Waals surface area contributed by atoms with Crippen molar-refractivity contribution in [2.45, 2.75) is 44.2 Å². The lowest BCUT2D eigenvalue weighted by atomic mass is 10.2. The van der Waals surface area contributed by atoms with Crippen LogP contribution >= 0.6 is 11.6 Å². The Morgan fingerprint density at radius 1 is 1.42 bits per heavy atom. The molecule has 1 atom stereocenters. The minimum Gasteiger partial charge on any atom is -0.489 e. The van der Waals surface area contributed by atoms with Gasteiger partial charge in [-0.25, -0.2) is 8.42 Å². The van der Waals surface area contributed by atoms with Gasteiger partial charge in [0, 0.05) is 11.9 Å². The van der Waals surface area contributed by atoms with Crippen molar-refractivity contribution in [2.75, 3.05) is 17.3 Å². The minimum absolute atomic E-state index is 0.0707. The lowest BCUT2D eigenvalue weighted by Gasteiger charge is -2.16. The molecule has 0 bridgehead atoms. The van der Waals surface area contributed by atoms with Crippen molar-refractivity contribution in [3.8, 4) is 5.75 Å². The van der Waals surface area contributed by atoms with Crippen LogP contribution in [-0.4, -0.2) is 38.5 Å². The van der Waals surface area contributed by atoms with Crippen molar-refractivity contribution in [3.63, 3.8) is 0 Å². The molecule has 0 radical (unpaired) electrons. The van der Waals surface area contributed by atoms with E-state index in [9.17, 15) is 13.2 Å². The number of nitrogens with one attached hydrogen (secondary N) is 1. The number of hydrogen-bond donors (Lipinski definition) is 2. The molecule has 0 saturated heterocycles. The van der Waals surface area contributed by atoms with Crippen LogP contribution in [-0.2, 0) is 14.6 Å². The van der Waals surface area contributed by atoms with E-state index in [-0.39, 0.29) is 18.3 Å². The van der Waals surface area contributed by atoms with Gasteiger partial charge in [-0.1, -0.05) is 11.6 Å². The second kappa shape index (κ2) is 8.18. The number of carbonyl (C=O) groups is 1. The van der Waals surface area contributed by atoms with Gasteiger partial charge >= 0.3 is 0 Å². The molecule has 2 rings (SSSR count). The fourth-order valence-corrected chi connectivity index (χ4v) is 3.47. The predicted octanol–water partition coefficient (Wildman–Crippen LogP) is 2.36. The molecule has 3 N–H and O–H groups in total. The van der Waals surface area contributed by atoms with E-state index in [0.29, 0.717) is 16.5 Å². The topological polar surface area (TPSA) is 98.5 Å². The average molecular weight is 375 g/mol. The molecule has 1 aliphatic rings. The summed E-state index contributed by atoms with van der Waals surface area (Å²) in [7, 11) is -3.15. The Balaban J connectivity index is 1.92. The maximum atomic E-state index is 12.0. The van der Waals surface area contributed by atoms with Crippen molar-refractivity contribution < 1.29 is 17.9 Å². The molecule has 1 fully saturated rings. The Hall–Kier alpha value is -1.31. The van der Waals surface area contributed by atoms with Gasteiger partial charge in [-0.05, 0) is 50.3 Å². The fourth-order valence-electron chi connectivity index (χ4n) is 2.57. The largest absolute Gasteiger partial charge is 0.489 e. The molecule has 1 amide bonds. The van der Waals surface area contributed by atoms with Gasteiger partial charge in [0.2, 0.25) is 5.91 Å². The van der Waals surface area contributed by atoms with Gasteiger partial charge < -0.3 is 15.8 Å². The highest BCUT2D eigenvalue weighted by atomic mass is 35.5. The number of nitrogens with two attached hydrogens (primary N) is 1. The van der Waals surface area contributed by atoms with Crippen LogP contribution in [0.2, 0.25) is 5.02 Å². The number of hydrogen-bond acceptors (Lipinski definition) is 5. The molecule has 0 aromatic heterocycles. The lowest BCUT2D eigenvalue weighted by Crippen LogP contribution is -2.37. The van der Waals surface area contributed by atoms with Crippen LogP contribution < -0.4 is 15.8 Å². The number of ether oxygens (including phenoxy) is 1. The summed E-state index contributed by atoms with van der Waals surface area (Å²) in [5.41, 5.74) is 6.21. The van der Waals surface area contributed by atoms with E-state index >= 15 is 0 Å². The zero-order valence-electron chi connectivity index (χ0n) is 13.6. The van der Waals surface area contributed by atoms with Gasteiger partial charge in [0.25, 0.3) is 0 Å². The summed E-state index contributed by atoms with van der Waals surface area (Å²) in [6, 6.07) is 4.12. The van der Waals surface area contributed by atoms with Crippen LogP contribution in [0.3, 0.4) is 0 Å². The maximum absolute atomic E-state index is 12.0. The average Bonchev–Trinajstić information content (AvgIpc) is 2.99. The minimum atomic E-state index is -3.15. The van der Waals surface area contributed by atoms with E-state index in [1.54, 1.807) is 18.2 Å². The van der Waals surface area contributed by atoms with E-state index in [1.165, 1.54) is 12.8 Å². The molecule has 1 saturated carbocycles. The number of anilines is 1. The summed E-state index contributed by atoms with van der Waals surface area (Å²) in [6.45, 7) is 0. The fraction of sp³-hybridized carbons (Fsp3) is 0.562. The van der Waals surface area contributed by atoms with Crippen molar-refractivity contribution in [1.29, 1.82) is 0 Å². The molecule has 0 heterocycles. The first-order valence-electron chi connectivity index (χ1n) is 7.95. The molecule has 0 aliphatic heterocycles. The highest BCUT2D eigenvalue weighted by Gasteiger charge is 2.19. The Kier molecular flexibility index (Phi) is 6.48. The summed E-state index contributed by atoms with van der Waals surface area (Å²) in [6.07, 6.45) is 5.78. The van der Waals surface area contributed by atoms with Gasteiger partial charge in [0.1, 0.15) is 15.6 Å². The summed E-state index contributed by atoms with van der Waals surface area (Å²) >= 11 is 6.20. The first kappa shape index (κ1) is 19.0. The quantitative estimate of drug-likeness (QED) is 0.763. The Labute approximate surface area is 147 Å². The smallest absolute Gasteiger partial charge is 0.241 e. The molecule has 24 heavy (non-hydrogen) atoms. The molecular formula is C16H23ClN2O4S. The van der Waals surface area contributed by atoms with Crippen molar-refractivity contribution >= 4 is 33.0 Å². The molecule has 0 spiro atoms. The van der Waals surface area contributed by atoms with E-state index in [0.717, 1.165) is 19.1 Å². The van der Waals surface area contributed by atoms with E-state index < -0.39 is 21.8 Å². The van der Waals surface area contributed by atoms with E-state index in [1.807, 2.05) is 0 Å². The highest BCUT2D eigenvalue weighted by molar-refractivity contribution is 7.90. The van der Waals surface area contributed by atoms with Gasteiger partial charge in [-0.2, -0.15) is 0 Å². The monoisotopic (exact) mass is 374 g/mol. The molecule has 1 aromatic carbocycles. The third-order valence-electron chi connectivity index (χ3n) is 3.93. The van der Waals surface area contributed by atoms with Crippen LogP contribution in [0.5, 0.6) is 5.75 Å². The van der Waals surface area contributed by atoms with Crippen LogP contribution in [0.15, 0.2) is 18.2 Å². The number of halogens is 1. The summed E-state index contributed by atoms with van der Waals surface area (Å²) < 4.78 is 28.1. The summed E-state index contributed by atoms with van der Waals surface area (Å²) in [5, 5.41) is 3.06. The molecule has 134 valence electrons. The number of benzene rings is 1. The van der Waals surface area contributed by atoms with Gasteiger partial charge in [0.15, 0.2) is 0 Å². The zero-order chi connectivity index (χ0) is 17.7. The SMILES string of the molecule is CS(=O)(=O)CCC(N)C(=O)Nc1ccc(OC2CCCC2)c(Cl)c1. The first-order chi connectivity index (χ1) is 11.2. The highest BCUT2D eigenvalue weighted by Crippen LogP contribution is 2.31. The Morgan fingerprint density at radius 3 is 2.67 bits per heavy atom. The zero-order valence-corrected chi connectivity index (χ0v) is 15.2. The normalized spacial score (nSPS) is 16.8. The molecule has 1 aliphatic carbocycles. The number of sulfone groups is 1. The third-order valence-corrected chi connectivity index (χ3v) is 5.20. The van der Waals surface area contributed by atoms with E-state index in [4.69, 9.17) is 22.1 Å². The first-order valence-corrected chi connectivity index (χ1v) is 10.4. The number of carbonyl (C=O) groups excluding carboxylic acids is 1. The van der Waals surface area contributed by atoms with Crippen LogP contribution in [0, 0.1) is 0 Å². The molecular weight excluding hydrogens is 352 g/mol. The van der Waals surface area contributed by atoms with Crippen LogP contribution in [0.1, 0.15) is 32.1 Å². The van der Waals surface area contributed by atoms with Crippen molar-refractivity contribution in [1.82, 2.24) is 0 Å². The number of amides is 1. The second-order valence-corrected chi connectivity index (χ2v) is 8.85. The van der Waals surface area contributed by atoms with E-state index in [2.05, 4.69) is 5.32 Å². The maximum Gasteiger partial charge on any atom is 0.241 e. The third kappa shape index (κ3) is 5.96. The van der Waals surface area contributed by atoms with Gasteiger partial charge in [-0.15, -0.1) is 0 Å². The number of rotatable bonds is 7. The summed E-state index contributed by atoms with van der Waals surface area (Å²) in [5.74, 6) is 0.0263. The van der Waals surface area contributed by atoms with Crippen molar-refractivity contribution in [3.05, 3.63) is 23.2 Å².